The third kappa shape index (κ3) is 4.65. The molecular formula is C34H35FN6O5. The van der Waals surface area contributed by atoms with Crippen molar-refractivity contribution in [3.05, 3.63) is 82.5 Å². The number of nitriles is 1. The summed E-state index contributed by atoms with van der Waals surface area (Å²) in [6, 6.07) is 10.7. The number of rotatable bonds is 5. The Morgan fingerprint density at radius 3 is 2.70 bits per heavy atom. The van der Waals surface area contributed by atoms with E-state index < -0.39 is 41.1 Å². The Labute approximate surface area is 265 Å². The van der Waals surface area contributed by atoms with E-state index in [0.29, 0.717) is 29.0 Å². The minimum atomic E-state index is -1.24. The Morgan fingerprint density at radius 1 is 1.17 bits per heavy atom. The largest absolute Gasteiger partial charge is 0.469 e. The number of fused-ring (bicyclic) bond motifs is 4. The number of benzene rings is 2. The molecule has 5 unspecified atom stereocenters. The van der Waals surface area contributed by atoms with E-state index in [-0.39, 0.29) is 47.3 Å². The van der Waals surface area contributed by atoms with Gasteiger partial charge < -0.3 is 34.6 Å². The highest BCUT2D eigenvalue weighted by atomic mass is 19.1. The van der Waals surface area contributed by atoms with Crippen LogP contribution in [0.3, 0.4) is 0 Å². The number of aliphatic hydroxyl groups is 1. The molecule has 3 aliphatic rings. The van der Waals surface area contributed by atoms with Gasteiger partial charge in [0, 0.05) is 23.4 Å². The van der Waals surface area contributed by atoms with Crippen molar-refractivity contribution in [2.24, 2.45) is 11.3 Å². The van der Waals surface area contributed by atoms with Crippen molar-refractivity contribution in [2.45, 2.75) is 70.9 Å². The second kappa shape index (κ2) is 10.7. The van der Waals surface area contributed by atoms with E-state index in [2.05, 4.69) is 20.9 Å². The zero-order chi connectivity index (χ0) is 32.5. The summed E-state index contributed by atoms with van der Waals surface area (Å²) in [5, 5.41) is 30.0. The predicted octanol–water partition coefficient (Wildman–Crippen LogP) is 4.55. The number of halogens is 1. The fourth-order valence-electron chi connectivity index (χ4n) is 6.56. The lowest BCUT2D eigenvalue weighted by molar-refractivity contribution is -0.125. The molecule has 0 radical (unpaired) electrons. The normalized spacial score (nSPS) is 23.7. The lowest BCUT2D eigenvalue weighted by Gasteiger charge is -2.32. The van der Waals surface area contributed by atoms with Crippen LogP contribution in [-0.2, 0) is 16.6 Å². The number of hydrogen-bond acceptors (Lipinski definition) is 10. The summed E-state index contributed by atoms with van der Waals surface area (Å²) < 4.78 is 34.1. The van der Waals surface area contributed by atoms with E-state index in [4.69, 9.17) is 18.6 Å². The van der Waals surface area contributed by atoms with Gasteiger partial charge in [-0.05, 0) is 47.6 Å². The average Bonchev–Trinajstić information content (AvgIpc) is 3.77. The van der Waals surface area contributed by atoms with Crippen molar-refractivity contribution in [1.82, 2.24) is 20.6 Å². The van der Waals surface area contributed by atoms with Gasteiger partial charge in [0.1, 0.15) is 35.4 Å². The van der Waals surface area contributed by atoms with Gasteiger partial charge in [0.05, 0.1) is 12.1 Å². The molecule has 0 fully saturated rings. The lowest BCUT2D eigenvalue weighted by atomic mass is 9.72. The number of aromatic nitrogens is 2. The summed E-state index contributed by atoms with van der Waals surface area (Å²) in [6.07, 6.45) is 0.131. The van der Waals surface area contributed by atoms with Crippen LogP contribution in [0.4, 0.5) is 10.1 Å². The van der Waals surface area contributed by atoms with Crippen LogP contribution in [0.15, 0.2) is 51.5 Å². The van der Waals surface area contributed by atoms with Gasteiger partial charge in [-0.3, -0.25) is 4.79 Å². The first-order chi connectivity index (χ1) is 21.9. The first-order valence-corrected chi connectivity index (χ1v) is 15.4. The number of ether oxygens (including phenoxy) is 1. The zero-order valence-corrected chi connectivity index (χ0v) is 26.1. The smallest absolute Gasteiger partial charge is 0.250 e. The molecule has 0 aliphatic carbocycles. The SMILES string of the molecule is CC(C)C(O)CNC1Cc2ccc3c(c2)C2(c4cc(F)ccc4NC2O3)c2oc(nc2-c2nc(C#N)co2)C(C(C)(C)C)NC1=O. The molecule has 7 rings (SSSR count). The first kappa shape index (κ1) is 30.0. The van der Waals surface area contributed by atoms with Crippen LogP contribution >= 0.6 is 0 Å². The van der Waals surface area contributed by atoms with Crippen molar-refractivity contribution in [2.75, 3.05) is 11.9 Å². The summed E-state index contributed by atoms with van der Waals surface area (Å²) in [5.41, 5.74) is 1.17. The molecule has 0 saturated heterocycles. The number of nitrogens with zero attached hydrogens (tertiary/aromatic N) is 3. The topological polar surface area (TPSA) is 158 Å². The fourth-order valence-corrected chi connectivity index (χ4v) is 6.56. The van der Waals surface area contributed by atoms with Crippen LogP contribution in [0.2, 0.25) is 0 Å². The fraction of sp³-hybridized carbons (Fsp3) is 0.412. The van der Waals surface area contributed by atoms with E-state index >= 15 is 4.39 Å². The molecule has 5 heterocycles. The van der Waals surface area contributed by atoms with Crippen LogP contribution < -0.4 is 20.7 Å². The standard InChI is InChI=1S/C34H35FN6O5/c1-16(2)24(42)14-37-23-11-17-6-9-25-21(10-17)34(20-12-18(35)7-8-22(20)39-32(34)45-25)28-26(30-38-19(13-36)15-44-30)40-31(46-28)27(33(3,4)5)41-29(23)43/h6-10,12,15-16,23-24,27,32,37,39,42H,11,14H2,1-5H3,(H,41,43). The third-order valence-electron chi connectivity index (χ3n) is 9.12. The maximum atomic E-state index is 15.1. The number of anilines is 1. The summed E-state index contributed by atoms with van der Waals surface area (Å²) >= 11 is 0. The third-order valence-corrected chi connectivity index (χ3v) is 9.12. The van der Waals surface area contributed by atoms with E-state index in [9.17, 15) is 15.2 Å². The van der Waals surface area contributed by atoms with Gasteiger partial charge in [-0.25, -0.2) is 9.37 Å². The Bertz CT molecular complexity index is 1890. The lowest BCUT2D eigenvalue weighted by Crippen LogP contribution is -2.51. The average molecular weight is 627 g/mol. The molecule has 4 bridgehead atoms. The Kier molecular flexibility index (Phi) is 6.95. The second-order valence-electron chi connectivity index (χ2n) is 13.6. The van der Waals surface area contributed by atoms with Crippen molar-refractivity contribution >= 4 is 11.6 Å². The Balaban J connectivity index is 1.51. The number of carbonyl (C=O) groups is 1. The molecule has 0 saturated carbocycles. The molecule has 1 spiro atoms. The van der Waals surface area contributed by atoms with Crippen molar-refractivity contribution in [3.63, 3.8) is 0 Å². The Hall–Kier alpha value is -4.73. The number of nitrogens with one attached hydrogen (secondary N) is 3. The molecule has 12 heteroatoms. The van der Waals surface area contributed by atoms with E-state index in [1.807, 2.05) is 58.9 Å². The molecule has 4 N–H and O–H groups in total. The van der Waals surface area contributed by atoms with Gasteiger partial charge in [0.15, 0.2) is 23.4 Å². The van der Waals surface area contributed by atoms with Crippen molar-refractivity contribution in [1.29, 1.82) is 5.26 Å². The number of amides is 1. The number of hydrogen-bond donors (Lipinski definition) is 4. The van der Waals surface area contributed by atoms with Gasteiger partial charge in [0.2, 0.25) is 17.7 Å². The molecule has 46 heavy (non-hydrogen) atoms. The molecule has 11 nitrogen and oxygen atoms in total. The number of oxazole rings is 2. The van der Waals surface area contributed by atoms with Crippen molar-refractivity contribution in [3.8, 4) is 23.4 Å². The maximum Gasteiger partial charge on any atom is 0.250 e. The summed E-state index contributed by atoms with van der Waals surface area (Å²) in [4.78, 5) is 23.3. The highest BCUT2D eigenvalue weighted by Gasteiger charge is 2.61. The molecule has 3 aliphatic heterocycles. The molecule has 5 atom stereocenters. The zero-order valence-electron chi connectivity index (χ0n) is 26.1. The summed E-state index contributed by atoms with van der Waals surface area (Å²) in [6.45, 7) is 9.92. The molecular weight excluding hydrogens is 591 g/mol. The predicted molar refractivity (Wildman–Crippen MR) is 164 cm³/mol. The molecule has 238 valence electrons. The first-order valence-electron chi connectivity index (χ1n) is 15.4. The molecule has 4 aromatic rings. The van der Waals surface area contributed by atoms with E-state index in [1.54, 1.807) is 6.07 Å². The van der Waals surface area contributed by atoms with Gasteiger partial charge in [-0.15, -0.1) is 0 Å². The van der Waals surface area contributed by atoms with Crippen LogP contribution in [-0.4, -0.2) is 45.9 Å². The second-order valence-corrected chi connectivity index (χ2v) is 13.6. The van der Waals surface area contributed by atoms with Crippen LogP contribution in [0.1, 0.15) is 74.7 Å². The molecule has 2 aromatic heterocycles. The highest BCUT2D eigenvalue weighted by Crippen LogP contribution is 2.59. The van der Waals surface area contributed by atoms with Gasteiger partial charge in [0.25, 0.3) is 0 Å². The van der Waals surface area contributed by atoms with Gasteiger partial charge in [-0.2, -0.15) is 10.2 Å². The van der Waals surface area contributed by atoms with E-state index in [0.717, 1.165) is 5.56 Å². The summed E-state index contributed by atoms with van der Waals surface area (Å²) in [5.74, 6) is 0.327. The van der Waals surface area contributed by atoms with E-state index in [1.165, 1.54) is 18.4 Å². The highest BCUT2D eigenvalue weighted by molar-refractivity contribution is 5.83. The number of aliphatic hydroxyl groups excluding tert-OH is 1. The van der Waals surface area contributed by atoms with Crippen LogP contribution in [0.25, 0.3) is 11.6 Å². The van der Waals surface area contributed by atoms with Gasteiger partial charge >= 0.3 is 0 Å². The minimum Gasteiger partial charge on any atom is -0.469 e. The Morgan fingerprint density at radius 2 is 1.98 bits per heavy atom. The maximum absolute atomic E-state index is 15.1. The quantitative estimate of drug-likeness (QED) is 0.248. The monoisotopic (exact) mass is 626 g/mol. The number of carbonyl (C=O) groups excluding carboxylic acids is 1. The van der Waals surface area contributed by atoms with Gasteiger partial charge in [-0.1, -0.05) is 46.8 Å². The van der Waals surface area contributed by atoms with Crippen LogP contribution in [0.5, 0.6) is 5.75 Å². The van der Waals surface area contributed by atoms with Crippen LogP contribution in [0, 0.1) is 28.5 Å². The minimum absolute atomic E-state index is 0.00526. The summed E-state index contributed by atoms with van der Waals surface area (Å²) in [7, 11) is 0. The molecule has 1 amide bonds. The van der Waals surface area contributed by atoms with Crippen molar-refractivity contribution < 1.29 is 27.9 Å². The molecule has 2 aromatic carbocycles.